The van der Waals surface area contributed by atoms with Crippen LogP contribution in [-0.4, -0.2) is 30.1 Å². The van der Waals surface area contributed by atoms with Crippen LogP contribution in [-0.2, 0) is 0 Å². The van der Waals surface area contributed by atoms with Crippen molar-refractivity contribution in [2.24, 2.45) is 0 Å². The van der Waals surface area contributed by atoms with Crippen molar-refractivity contribution in [3.05, 3.63) is 28.8 Å². The van der Waals surface area contributed by atoms with Crippen LogP contribution in [0.3, 0.4) is 0 Å². The summed E-state index contributed by atoms with van der Waals surface area (Å²) in [5.74, 6) is -0.0276. The Bertz CT molecular complexity index is 433. The first-order valence-electron chi connectivity index (χ1n) is 5.81. The fourth-order valence-electron chi connectivity index (χ4n) is 2.18. The normalized spacial score (nSPS) is 20.4. The van der Waals surface area contributed by atoms with Gasteiger partial charge in [-0.1, -0.05) is 11.6 Å². The number of aliphatic hydroxyl groups is 1. The van der Waals surface area contributed by atoms with Crippen molar-refractivity contribution in [3.63, 3.8) is 0 Å². The van der Waals surface area contributed by atoms with Gasteiger partial charge in [-0.25, -0.2) is 0 Å². The second kappa shape index (κ2) is 5.07. The number of ketones is 1. The Kier molecular flexibility index (Phi) is 3.69. The van der Waals surface area contributed by atoms with Gasteiger partial charge in [0.15, 0.2) is 5.78 Å². The summed E-state index contributed by atoms with van der Waals surface area (Å²) in [5, 5.41) is 10.1. The van der Waals surface area contributed by atoms with Gasteiger partial charge in [0.2, 0.25) is 0 Å². The highest BCUT2D eigenvalue weighted by molar-refractivity contribution is 6.34. The number of Topliss-reactive ketones (excluding diaryl/α,β-unsaturated/α-hetero) is 1. The third-order valence-corrected chi connectivity index (χ3v) is 3.41. The van der Waals surface area contributed by atoms with E-state index in [1.807, 2.05) is 6.07 Å². The number of anilines is 1. The van der Waals surface area contributed by atoms with Gasteiger partial charge in [-0.2, -0.15) is 0 Å². The lowest BCUT2D eigenvalue weighted by Crippen LogP contribution is -2.38. The molecule has 1 unspecified atom stereocenters. The van der Waals surface area contributed by atoms with Gasteiger partial charge in [-0.15, -0.1) is 0 Å². The topological polar surface area (TPSA) is 40.5 Å². The molecule has 1 N–H and O–H groups in total. The predicted molar refractivity (Wildman–Crippen MR) is 68.9 cm³/mol. The average molecular weight is 254 g/mol. The number of aliphatic hydroxyl groups excluding tert-OH is 1. The van der Waals surface area contributed by atoms with Crippen molar-refractivity contribution in [3.8, 4) is 0 Å². The largest absolute Gasteiger partial charge is 0.391 e. The first-order chi connectivity index (χ1) is 8.08. The van der Waals surface area contributed by atoms with Gasteiger partial charge in [0.25, 0.3) is 0 Å². The minimum atomic E-state index is -0.269. The summed E-state index contributed by atoms with van der Waals surface area (Å²) in [6.07, 6.45) is 1.57. The number of benzene rings is 1. The fraction of sp³-hybridized carbons (Fsp3) is 0.462. The van der Waals surface area contributed by atoms with Gasteiger partial charge in [0.05, 0.1) is 11.1 Å². The van der Waals surface area contributed by atoms with E-state index in [1.165, 1.54) is 6.92 Å². The zero-order chi connectivity index (χ0) is 12.4. The lowest BCUT2D eigenvalue weighted by molar-refractivity contribution is 0.101. The zero-order valence-electron chi connectivity index (χ0n) is 9.82. The molecule has 0 aliphatic carbocycles. The highest BCUT2D eigenvalue weighted by atomic mass is 35.5. The molecule has 0 aromatic heterocycles. The van der Waals surface area contributed by atoms with E-state index in [0.717, 1.165) is 25.1 Å². The maximum atomic E-state index is 11.3. The van der Waals surface area contributed by atoms with Crippen LogP contribution >= 0.6 is 11.6 Å². The molecule has 0 spiro atoms. The van der Waals surface area contributed by atoms with Crippen LogP contribution in [0.15, 0.2) is 18.2 Å². The highest BCUT2D eigenvalue weighted by Gasteiger charge is 2.18. The summed E-state index contributed by atoms with van der Waals surface area (Å²) in [5.41, 5.74) is 1.52. The van der Waals surface area contributed by atoms with Crippen LogP contribution in [0.25, 0.3) is 0 Å². The number of carbonyl (C=O) groups excluding carboxylic acids is 1. The van der Waals surface area contributed by atoms with Crippen molar-refractivity contribution in [2.75, 3.05) is 18.0 Å². The maximum Gasteiger partial charge on any atom is 0.161 e. The molecule has 1 aliphatic rings. The van der Waals surface area contributed by atoms with Crippen molar-refractivity contribution in [1.29, 1.82) is 0 Å². The van der Waals surface area contributed by atoms with Crippen LogP contribution in [0.1, 0.15) is 30.1 Å². The van der Waals surface area contributed by atoms with E-state index in [2.05, 4.69) is 4.90 Å². The fourth-order valence-corrected chi connectivity index (χ4v) is 2.48. The van der Waals surface area contributed by atoms with E-state index in [1.54, 1.807) is 12.1 Å². The molecule has 0 saturated carbocycles. The van der Waals surface area contributed by atoms with Crippen LogP contribution in [0, 0.1) is 0 Å². The lowest BCUT2D eigenvalue weighted by atomic mass is 10.1. The molecule has 1 heterocycles. The molecule has 0 amide bonds. The van der Waals surface area contributed by atoms with Gasteiger partial charge in [-0.3, -0.25) is 4.79 Å². The molecule has 4 heteroatoms. The molecule has 1 fully saturated rings. The maximum absolute atomic E-state index is 11.3. The van der Waals surface area contributed by atoms with Gasteiger partial charge >= 0.3 is 0 Å². The Morgan fingerprint density at radius 2 is 2.29 bits per heavy atom. The van der Waals surface area contributed by atoms with E-state index in [9.17, 15) is 9.90 Å². The SMILES string of the molecule is CC(=O)c1ccc(N2CCCC(O)C2)cc1Cl. The Morgan fingerprint density at radius 1 is 1.53 bits per heavy atom. The second-order valence-corrected chi connectivity index (χ2v) is 4.87. The van der Waals surface area contributed by atoms with Crippen molar-refractivity contribution < 1.29 is 9.90 Å². The molecule has 0 radical (unpaired) electrons. The summed E-state index contributed by atoms with van der Waals surface area (Å²) >= 11 is 6.07. The molecule has 0 bridgehead atoms. The van der Waals surface area contributed by atoms with Gasteiger partial charge in [0, 0.05) is 24.3 Å². The zero-order valence-corrected chi connectivity index (χ0v) is 10.6. The lowest BCUT2D eigenvalue weighted by Gasteiger charge is -2.32. The van der Waals surface area contributed by atoms with E-state index in [-0.39, 0.29) is 11.9 Å². The molecular formula is C13H16ClNO2. The third-order valence-electron chi connectivity index (χ3n) is 3.09. The molecule has 2 rings (SSSR count). The summed E-state index contributed by atoms with van der Waals surface area (Å²) < 4.78 is 0. The standard InChI is InChI=1S/C13H16ClNO2/c1-9(16)12-5-4-10(7-13(12)14)15-6-2-3-11(17)8-15/h4-5,7,11,17H,2-3,6,8H2,1H3. The molecule has 1 saturated heterocycles. The average Bonchev–Trinajstić information content (AvgIpc) is 2.28. The number of hydrogen-bond acceptors (Lipinski definition) is 3. The highest BCUT2D eigenvalue weighted by Crippen LogP contribution is 2.26. The van der Waals surface area contributed by atoms with Crippen molar-refractivity contribution in [2.45, 2.75) is 25.9 Å². The van der Waals surface area contributed by atoms with Gasteiger partial charge in [-0.05, 0) is 38.0 Å². The molecule has 1 atom stereocenters. The van der Waals surface area contributed by atoms with E-state index in [0.29, 0.717) is 17.1 Å². The molecule has 17 heavy (non-hydrogen) atoms. The van der Waals surface area contributed by atoms with Crippen LogP contribution < -0.4 is 4.90 Å². The number of halogens is 1. The van der Waals surface area contributed by atoms with Crippen LogP contribution in [0.4, 0.5) is 5.69 Å². The second-order valence-electron chi connectivity index (χ2n) is 4.46. The Labute approximate surface area is 106 Å². The Morgan fingerprint density at radius 3 is 2.88 bits per heavy atom. The quantitative estimate of drug-likeness (QED) is 0.824. The smallest absolute Gasteiger partial charge is 0.161 e. The van der Waals surface area contributed by atoms with E-state index in [4.69, 9.17) is 11.6 Å². The Hall–Kier alpha value is -1.06. The number of carbonyl (C=O) groups is 1. The van der Waals surface area contributed by atoms with Crippen LogP contribution in [0.5, 0.6) is 0 Å². The molecule has 3 nitrogen and oxygen atoms in total. The van der Waals surface area contributed by atoms with E-state index >= 15 is 0 Å². The molecular weight excluding hydrogens is 238 g/mol. The summed E-state index contributed by atoms with van der Waals surface area (Å²) in [7, 11) is 0. The number of hydrogen-bond donors (Lipinski definition) is 1. The summed E-state index contributed by atoms with van der Waals surface area (Å²) in [4.78, 5) is 13.4. The minimum absolute atomic E-state index is 0.0276. The molecule has 92 valence electrons. The molecule has 1 aromatic carbocycles. The number of β-amino-alcohol motifs (C(OH)–C–C–N with tert-alkyl or cyclic N) is 1. The van der Waals surface area contributed by atoms with Crippen molar-refractivity contribution in [1.82, 2.24) is 0 Å². The predicted octanol–water partition coefficient (Wildman–Crippen LogP) is 2.50. The minimum Gasteiger partial charge on any atom is -0.391 e. The third kappa shape index (κ3) is 2.79. The Balaban J connectivity index is 2.22. The first kappa shape index (κ1) is 12.4. The van der Waals surface area contributed by atoms with Crippen LogP contribution in [0.2, 0.25) is 5.02 Å². The van der Waals surface area contributed by atoms with E-state index < -0.39 is 0 Å². The van der Waals surface area contributed by atoms with Gasteiger partial charge in [0.1, 0.15) is 0 Å². The number of piperidine rings is 1. The monoisotopic (exact) mass is 253 g/mol. The summed E-state index contributed by atoms with van der Waals surface area (Å²) in [6.45, 7) is 3.06. The molecule has 1 aliphatic heterocycles. The summed E-state index contributed by atoms with van der Waals surface area (Å²) in [6, 6.07) is 5.44. The number of nitrogens with zero attached hydrogens (tertiary/aromatic N) is 1. The van der Waals surface area contributed by atoms with Crippen molar-refractivity contribution >= 4 is 23.1 Å². The first-order valence-corrected chi connectivity index (χ1v) is 6.19. The van der Waals surface area contributed by atoms with Gasteiger partial charge < -0.3 is 10.0 Å². The number of rotatable bonds is 2. The molecule has 1 aromatic rings.